The third-order valence-corrected chi connectivity index (χ3v) is 4.14. The summed E-state index contributed by atoms with van der Waals surface area (Å²) in [4.78, 5) is 0.238. The van der Waals surface area contributed by atoms with Crippen molar-refractivity contribution in [1.82, 2.24) is 0 Å². The van der Waals surface area contributed by atoms with Gasteiger partial charge in [0.2, 0.25) is 0 Å². The average molecular weight is 311 g/mol. The molecule has 0 bridgehead atoms. The Kier molecular flexibility index (Phi) is 4.27. The van der Waals surface area contributed by atoms with Crippen molar-refractivity contribution in [3.63, 3.8) is 0 Å². The molecule has 0 aliphatic carbocycles. The first-order valence-corrected chi connectivity index (χ1v) is 8.14. The van der Waals surface area contributed by atoms with Crippen LogP contribution in [0, 0.1) is 18.6 Å². The van der Waals surface area contributed by atoms with E-state index in [9.17, 15) is 17.2 Å². The molecule has 0 radical (unpaired) electrons. The number of benzene rings is 2. The maximum absolute atomic E-state index is 13.1. The highest BCUT2D eigenvalue weighted by Crippen LogP contribution is 2.20. The molecular weight excluding hydrogens is 296 g/mol. The summed E-state index contributed by atoms with van der Waals surface area (Å²) in [7, 11) is -3.25. The van der Waals surface area contributed by atoms with Gasteiger partial charge in [-0.15, -0.1) is 0 Å². The highest BCUT2D eigenvalue weighted by atomic mass is 32.2. The fourth-order valence-corrected chi connectivity index (χ4v) is 2.68. The van der Waals surface area contributed by atoms with E-state index in [0.29, 0.717) is 11.3 Å². The molecule has 0 amide bonds. The molecule has 1 N–H and O–H groups in total. The Labute approximate surface area is 122 Å². The summed E-state index contributed by atoms with van der Waals surface area (Å²) in [5, 5.41) is 3.03. The zero-order chi connectivity index (χ0) is 15.6. The number of nitrogens with one attached hydrogen (secondary N) is 1. The lowest BCUT2D eigenvalue weighted by Crippen LogP contribution is -2.04. The largest absolute Gasteiger partial charge is 0.381 e. The summed E-state index contributed by atoms with van der Waals surface area (Å²) in [5.74, 6) is -1.26. The smallest absolute Gasteiger partial charge is 0.175 e. The molecule has 6 heteroatoms. The molecule has 21 heavy (non-hydrogen) atoms. The molecular formula is C15H15F2NO2S. The van der Waals surface area contributed by atoms with E-state index >= 15 is 0 Å². The zero-order valence-corrected chi connectivity index (χ0v) is 12.5. The standard InChI is InChI=1S/C15H15F2NO2S/c1-10-5-14(21(2,19)20)3-4-15(10)18-9-11-6-12(16)8-13(17)7-11/h3-8,18H,9H2,1-2H3. The molecule has 0 unspecified atom stereocenters. The Balaban J connectivity index is 2.17. The van der Waals surface area contributed by atoms with E-state index in [-0.39, 0.29) is 11.4 Å². The Morgan fingerprint density at radius 1 is 1.05 bits per heavy atom. The van der Waals surface area contributed by atoms with E-state index in [2.05, 4.69) is 5.32 Å². The summed E-state index contributed by atoms with van der Waals surface area (Å²) >= 11 is 0. The van der Waals surface area contributed by atoms with E-state index in [1.807, 2.05) is 0 Å². The molecule has 2 aromatic carbocycles. The van der Waals surface area contributed by atoms with Crippen LogP contribution in [0.3, 0.4) is 0 Å². The van der Waals surface area contributed by atoms with Gasteiger partial charge >= 0.3 is 0 Å². The van der Waals surface area contributed by atoms with Crippen molar-refractivity contribution in [2.24, 2.45) is 0 Å². The lowest BCUT2D eigenvalue weighted by molar-refractivity contribution is 0.580. The number of sulfone groups is 1. The summed E-state index contributed by atoms with van der Waals surface area (Å²) in [6.45, 7) is 2.01. The topological polar surface area (TPSA) is 46.2 Å². The molecule has 0 spiro atoms. The van der Waals surface area contributed by atoms with Gasteiger partial charge in [0, 0.05) is 24.6 Å². The minimum Gasteiger partial charge on any atom is -0.381 e. The highest BCUT2D eigenvalue weighted by Gasteiger charge is 2.09. The van der Waals surface area contributed by atoms with Crippen molar-refractivity contribution in [2.45, 2.75) is 18.4 Å². The Morgan fingerprint density at radius 2 is 1.67 bits per heavy atom. The van der Waals surface area contributed by atoms with Gasteiger partial charge in [0.1, 0.15) is 11.6 Å². The van der Waals surface area contributed by atoms with Gasteiger partial charge in [-0.1, -0.05) is 0 Å². The van der Waals surface area contributed by atoms with Crippen LogP contribution in [0.5, 0.6) is 0 Å². The minimum atomic E-state index is -3.25. The quantitative estimate of drug-likeness (QED) is 0.942. The van der Waals surface area contributed by atoms with Crippen molar-refractivity contribution in [3.05, 3.63) is 59.2 Å². The lowest BCUT2D eigenvalue weighted by atomic mass is 10.1. The molecule has 0 saturated carbocycles. The first-order chi connectivity index (χ1) is 9.75. The second-order valence-corrected chi connectivity index (χ2v) is 6.90. The average Bonchev–Trinajstić information content (AvgIpc) is 2.35. The predicted molar refractivity (Wildman–Crippen MR) is 78.0 cm³/mol. The van der Waals surface area contributed by atoms with Crippen LogP contribution in [0.1, 0.15) is 11.1 Å². The van der Waals surface area contributed by atoms with Gasteiger partial charge < -0.3 is 5.32 Å². The van der Waals surface area contributed by atoms with Crippen molar-refractivity contribution >= 4 is 15.5 Å². The van der Waals surface area contributed by atoms with E-state index < -0.39 is 21.5 Å². The third-order valence-electron chi connectivity index (χ3n) is 3.03. The second-order valence-electron chi connectivity index (χ2n) is 4.88. The van der Waals surface area contributed by atoms with E-state index in [1.165, 1.54) is 18.2 Å². The van der Waals surface area contributed by atoms with Crippen molar-refractivity contribution in [1.29, 1.82) is 0 Å². The number of hydrogen-bond donors (Lipinski definition) is 1. The zero-order valence-electron chi connectivity index (χ0n) is 11.7. The molecule has 0 aromatic heterocycles. The van der Waals surface area contributed by atoms with Gasteiger partial charge in [0.25, 0.3) is 0 Å². The van der Waals surface area contributed by atoms with Crippen molar-refractivity contribution in [3.8, 4) is 0 Å². The van der Waals surface area contributed by atoms with Gasteiger partial charge in [-0.05, 0) is 48.4 Å². The number of rotatable bonds is 4. The third kappa shape index (κ3) is 4.01. The molecule has 0 fully saturated rings. The number of anilines is 1. The van der Waals surface area contributed by atoms with Crippen molar-refractivity contribution in [2.75, 3.05) is 11.6 Å². The monoisotopic (exact) mass is 311 g/mol. The van der Waals surface area contributed by atoms with Gasteiger partial charge in [-0.3, -0.25) is 0 Å². The van der Waals surface area contributed by atoms with Crippen LogP contribution in [0.4, 0.5) is 14.5 Å². The summed E-state index contributed by atoms with van der Waals surface area (Å²) < 4.78 is 49.1. The maximum Gasteiger partial charge on any atom is 0.175 e. The van der Waals surface area contributed by atoms with Crippen molar-refractivity contribution < 1.29 is 17.2 Å². The summed E-state index contributed by atoms with van der Waals surface area (Å²) in [6.07, 6.45) is 1.14. The lowest BCUT2D eigenvalue weighted by Gasteiger charge is -2.11. The molecule has 2 aromatic rings. The summed E-state index contributed by atoms with van der Waals surface area (Å²) in [5.41, 5.74) is 1.93. The Bertz CT molecular complexity index is 753. The van der Waals surface area contributed by atoms with Crippen LogP contribution in [0.2, 0.25) is 0 Å². The Hall–Kier alpha value is -1.95. The van der Waals surface area contributed by atoms with Gasteiger partial charge in [-0.25, -0.2) is 17.2 Å². The number of halogens is 2. The normalized spacial score (nSPS) is 11.4. The molecule has 0 aliphatic rings. The maximum atomic E-state index is 13.1. The van der Waals surface area contributed by atoms with Gasteiger partial charge in [0.05, 0.1) is 4.90 Å². The van der Waals surface area contributed by atoms with Crippen LogP contribution in [-0.2, 0) is 16.4 Å². The van der Waals surface area contributed by atoms with Gasteiger partial charge in [0.15, 0.2) is 9.84 Å². The van der Waals surface area contributed by atoms with Gasteiger partial charge in [-0.2, -0.15) is 0 Å². The van der Waals surface area contributed by atoms with Crippen LogP contribution in [0.15, 0.2) is 41.3 Å². The molecule has 0 aliphatic heterocycles. The fraction of sp³-hybridized carbons (Fsp3) is 0.200. The van der Waals surface area contributed by atoms with Crippen LogP contribution < -0.4 is 5.32 Å². The van der Waals surface area contributed by atoms with E-state index in [4.69, 9.17) is 0 Å². The van der Waals surface area contributed by atoms with Crippen LogP contribution >= 0.6 is 0 Å². The first-order valence-electron chi connectivity index (χ1n) is 6.25. The molecule has 0 heterocycles. The van der Waals surface area contributed by atoms with Crippen LogP contribution in [0.25, 0.3) is 0 Å². The molecule has 112 valence electrons. The number of aryl methyl sites for hydroxylation is 1. The first kappa shape index (κ1) is 15.4. The number of hydrogen-bond acceptors (Lipinski definition) is 3. The second kappa shape index (κ2) is 5.81. The SMILES string of the molecule is Cc1cc(S(C)(=O)=O)ccc1NCc1cc(F)cc(F)c1. The predicted octanol–water partition coefficient (Wildman–Crippen LogP) is 3.29. The van der Waals surface area contributed by atoms with Crippen LogP contribution in [-0.4, -0.2) is 14.7 Å². The molecule has 3 nitrogen and oxygen atoms in total. The highest BCUT2D eigenvalue weighted by molar-refractivity contribution is 7.90. The molecule has 2 rings (SSSR count). The molecule has 0 saturated heterocycles. The molecule has 0 atom stereocenters. The summed E-state index contributed by atoms with van der Waals surface area (Å²) in [6, 6.07) is 8.00. The Morgan fingerprint density at radius 3 is 2.19 bits per heavy atom. The van der Waals surface area contributed by atoms with E-state index in [1.54, 1.807) is 19.1 Å². The van der Waals surface area contributed by atoms with E-state index in [0.717, 1.165) is 17.9 Å². The fourth-order valence-electron chi connectivity index (χ4n) is 1.98. The minimum absolute atomic E-state index is 0.238.